The number of carbonyl (C=O) groups is 1. The van der Waals surface area contributed by atoms with Crippen molar-refractivity contribution >= 4 is 17.5 Å². The van der Waals surface area contributed by atoms with Gasteiger partial charge in [0, 0.05) is 0 Å². The molecule has 1 N–H and O–H groups in total. The lowest BCUT2D eigenvalue weighted by Crippen LogP contribution is -2.28. The van der Waals surface area contributed by atoms with Crippen molar-refractivity contribution in [3.8, 4) is 0 Å². The molecule has 0 saturated carbocycles. The minimum atomic E-state index is -0.132. The molecular weight excluding hydrogens is 282 g/mol. The first-order valence-electron chi connectivity index (χ1n) is 7.15. The van der Waals surface area contributed by atoms with Gasteiger partial charge in [0.25, 0.3) is 5.91 Å². The molecule has 0 bridgehead atoms. The number of hydrogen-bond acceptors (Lipinski definition) is 1. The monoisotopic (exact) mass is 301 g/mol. The molecule has 1 amide bonds. The summed E-state index contributed by atoms with van der Waals surface area (Å²) < 4.78 is 0. The predicted molar refractivity (Wildman–Crippen MR) is 87.9 cm³/mol. The fourth-order valence-electron chi connectivity index (χ4n) is 2.50. The van der Waals surface area contributed by atoms with E-state index in [1.165, 1.54) is 11.1 Å². The number of rotatable bonds is 4. The third-order valence-corrected chi connectivity index (χ3v) is 3.96. The van der Waals surface area contributed by atoms with E-state index in [1.54, 1.807) is 12.1 Å². The fourth-order valence-corrected chi connectivity index (χ4v) is 2.72. The number of nitrogens with one attached hydrogen (secondary N) is 1. The second-order valence-electron chi connectivity index (χ2n) is 5.27. The van der Waals surface area contributed by atoms with Gasteiger partial charge in [-0.2, -0.15) is 0 Å². The van der Waals surface area contributed by atoms with Crippen LogP contribution in [-0.4, -0.2) is 5.91 Å². The molecule has 0 aromatic heterocycles. The molecule has 2 aromatic rings. The summed E-state index contributed by atoms with van der Waals surface area (Å²) >= 11 is 6.08. The van der Waals surface area contributed by atoms with Crippen LogP contribution in [0.5, 0.6) is 0 Å². The van der Waals surface area contributed by atoms with Crippen molar-refractivity contribution in [2.24, 2.45) is 0 Å². The minimum Gasteiger partial charge on any atom is -0.345 e. The number of amides is 1. The van der Waals surface area contributed by atoms with Crippen molar-refractivity contribution in [1.29, 1.82) is 0 Å². The molecule has 0 unspecified atom stereocenters. The molecule has 0 aliphatic carbocycles. The highest BCUT2D eigenvalue weighted by molar-refractivity contribution is 6.33. The van der Waals surface area contributed by atoms with E-state index in [2.05, 4.69) is 44.3 Å². The Morgan fingerprint density at radius 2 is 1.90 bits per heavy atom. The molecule has 0 radical (unpaired) electrons. The van der Waals surface area contributed by atoms with E-state index in [4.69, 9.17) is 11.6 Å². The summed E-state index contributed by atoms with van der Waals surface area (Å²) in [6.45, 7) is 6.21. The van der Waals surface area contributed by atoms with Crippen molar-refractivity contribution in [3.05, 3.63) is 69.7 Å². The summed E-state index contributed by atoms with van der Waals surface area (Å²) in [5.74, 6) is -0.132. The maximum absolute atomic E-state index is 12.4. The van der Waals surface area contributed by atoms with Crippen LogP contribution in [0.1, 0.15) is 46.4 Å². The van der Waals surface area contributed by atoms with Crippen LogP contribution in [0.2, 0.25) is 5.02 Å². The third kappa shape index (κ3) is 3.64. The van der Waals surface area contributed by atoms with Crippen molar-refractivity contribution in [2.75, 3.05) is 0 Å². The summed E-state index contributed by atoms with van der Waals surface area (Å²) in [4.78, 5) is 12.4. The van der Waals surface area contributed by atoms with Gasteiger partial charge in [-0.05, 0) is 43.5 Å². The summed E-state index contributed by atoms with van der Waals surface area (Å²) in [5, 5.41) is 3.55. The Hall–Kier alpha value is -1.80. The minimum absolute atomic E-state index is 0.00521. The third-order valence-electron chi connectivity index (χ3n) is 3.63. The number of hydrogen-bond donors (Lipinski definition) is 1. The molecule has 0 aliphatic rings. The number of benzene rings is 2. The first-order chi connectivity index (χ1) is 10.0. The van der Waals surface area contributed by atoms with Gasteiger partial charge in [-0.25, -0.2) is 0 Å². The average molecular weight is 302 g/mol. The van der Waals surface area contributed by atoms with Gasteiger partial charge in [0.05, 0.1) is 16.6 Å². The first kappa shape index (κ1) is 15.6. The molecular formula is C18H20ClNO. The Kier molecular flexibility index (Phi) is 5.03. The summed E-state index contributed by atoms with van der Waals surface area (Å²) in [7, 11) is 0. The fraction of sp³-hybridized carbons (Fsp3) is 0.278. The van der Waals surface area contributed by atoms with Gasteiger partial charge in [0.2, 0.25) is 0 Å². The van der Waals surface area contributed by atoms with Crippen LogP contribution in [0.15, 0.2) is 42.5 Å². The summed E-state index contributed by atoms with van der Waals surface area (Å²) in [6.07, 6.45) is 0.833. The standard InChI is InChI=1S/C18H20ClNO/c1-4-17(14-10-9-12(2)11-13(14)3)20-18(21)15-7-5-6-8-16(15)19/h5-11,17H,4H2,1-3H3,(H,20,21)/t17-/m0/s1. The van der Waals surface area contributed by atoms with Crippen LogP contribution < -0.4 is 5.32 Å². The van der Waals surface area contributed by atoms with E-state index in [-0.39, 0.29) is 11.9 Å². The SMILES string of the molecule is CC[C@H](NC(=O)c1ccccc1Cl)c1ccc(C)cc1C. The van der Waals surface area contributed by atoms with E-state index in [1.807, 2.05) is 12.1 Å². The first-order valence-corrected chi connectivity index (χ1v) is 7.53. The molecule has 1 atom stereocenters. The Morgan fingerprint density at radius 3 is 2.52 bits per heavy atom. The van der Waals surface area contributed by atoms with Gasteiger partial charge >= 0.3 is 0 Å². The van der Waals surface area contributed by atoms with Crippen molar-refractivity contribution < 1.29 is 4.79 Å². The zero-order chi connectivity index (χ0) is 15.4. The Morgan fingerprint density at radius 1 is 1.19 bits per heavy atom. The number of halogens is 1. The highest BCUT2D eigenvalue weighted by Crippen LogP contribution is 2.23. The molecule has 21 heavy (non-hydrogen) atoms. The van der Waals surface area contributed by atoms with E-state index < -0.39 is 0 Å². The predicted octanol–water partition coefficient (Wildman–Crippen LogP) is 4.84. The van der Waals surface area contributed by atoms with E-state index in [0.717, 1.165) is 12.0 Å². The lowest BCUT2D eigenvalue weighted by atomic mass is 9.97. The smallest absolute Gasteiger partial charge is 0.253 e. The zero-order valence-electron chi connectivity index (χ0n) is 12.6. The van der Waals surface area contributed by atoms with Gasteiger partial charge in [-0.15, -0.1) is 0 Å². The van der Waals surface area contributed by atoms with Crippen LogP contribution in [0, 0.1) is 13.8 Å². The molecule has 0 saturated heterocycles. The van der Waals surface area contributed by atoms with Gasteiger partial charge in [-0.1, -0.05) is 54.4 Å². The van der Waals surface area contributed by atoms with Gasteiger partial charge in [0.15, 0.2) is 0 Å². The highest BCUT2D eigenvalue weighted by atomic mass is 35.5. The second-order valence-corrected chi connectivity index (χ2v) is 5.68. The summed E-state index contributed by atoms with van der Waals surface area (Å²) in [5.41, 5.74) is 4.09. The maximum atomic E-state index is 12.4. The average Bonchev–Trinajstić information content (AvgIpc) is 2.45. The maximum Gasteiger partial charge on any atom is 0.253 e. The molecule has 0 spiro atoms. The van der Waals surface area contributed by atoms with Crippen LogP contribution in [0.4, 0.5) is 0 Å². The van der Waals surface area contributed by atoms with Gasteiger partial charge < -0.3 is 5.32 Å². The number of aryl methyl sites for hydroxylation is 2. The lowest BCUT2D eigenvalue weighted by molar-refractivity contribution is 0.0935. The molecule has 0 heterocycles. The largest absolute Gasteiger partial charge is 0.345 e. The van der Waals surface area contributed by atoms with Crippen molar-refractivity contribution in [3.63, 3.8) is 0 Å². The van der Waals surface area contributed by atoms with E-state index >= 15 is 0 Å². The second kappa shape index (κ2) is 6.77. The Bertz CT molecular complexity index is 651. The molecule has 2 aromatic carbocycles. The highest BCUT2D eigenvalue weighted by Gasteiger charge is 2.17. The van der Waals surface area contributed by atoms with Crippen LogP contribution in [-0.2, 0) is 0 Å². The molecule has 3 heteroatoms. The number of carbonyl (C=O) groups excluding carboxylic acids is 1. The summed E-state index contributed by atoms with van der Waals surface area (Å²) in [6, 6.07) is 13.4. The molecule has 2 rings (SSSR count). The van der Waals surface area contributed by atoms with Crippen LogP contribution in [0.3, 0.4) is 0 Å². The van der Waals surface area contributed by atoms with Crippen LogP contribution in [0.25, 0.3) is 0 Å². The molecule has 0 aliphatic heterocycles. The Balaban J connectivity index is 2.23. The normalized spacial score (nSPS) is 12.0. The van der Waals surface area contributed by atoms with Crippen molar-refractivity contribution in [2.45, 2.75) is 33.2 Å². The van der Waals surface area contributed by atoms with Crippen molar-refractivity contribution in [1.82, 2.24) is 5.32 Å². The molecule has 110 valence electrons. The van der Waals surface area contributed by atoms with Gasteiger partial charge in [-0.3, -0.25) is 4.79 Å². The van der Waals surface area contributed by atoms with Crippen LogP contribution >= 0.6 is 11.6 Å². The quantitative estimate of drug-likeness (QED) is 0.860. The van der Waals surface area contributed by atoms with E-state index in [0.29, 0.717) is 10.6 Å². The lowest BCUT2D eigenvalue weighted by Gasteiger charge is -2.20. The zero-order valence-corrected chi connectivity index (χ0v) is 13.4. The van der Waals surface area contributed by atoms with E-state index in [9.17, 15) is 4.79 Å². The topological polar surface area (TPSA) is 29.1 Å². The van der Waals surface area contributed by atoms with Gasteiger partial charge in [0.1, 0.15) is 0 Å². The molecule has 2 nitrogen and oxygen atoms in total. The Labute approximate surface area is 131 Å². The molecule has 0 fully saturated rings.